The lowest BCUT2D eigenvalue weighted by molar-refractivity contribution is -0.143. The number of likely N-dealkylation sites (tertiary alicyclic amines) is 1. The summed E-state index contributed by atoms with van der Waals surface area (Å²) >= 11 is 1.34. The van der Waals surface area contributed by atoms with Crippen LogP contribution in [0.1, 0.15) is 50.0 Å². The van der Waals surface area contributed by atoms with Crippen LogP contribution < -0.4 is 0 Å². The molecule has 4 heterocycles. The Bertz CT molecular complexity index is 1090. The van der Waals surface area contributed by atoms with Crippen LogP contribution in [0.15, 0.2) is 29.6 Å². The summed E-state index contributed by atoms with van der Waals surface area (Å²) in [5.41, 5.74) is 0.0602. The van der Waals surface area contributed by atoms with Crippen LogP contribution in [0, 0.1) is 11.8 Å². The lowest BCUT2D eigenvalue weighted by Crippen LogP contribution is -2.39. The number of carbonyl (C=O) groups is 1. The molecule has 0 aromatic carbocycles. The molecule has 1 aliphatic carbocycles. The van der Waals surface area contributed by atoms with E-state index >= 15 is 0 Å². The van der Waals surface area contributed by atoms with Gasteiger partial charge in [-0.15, -0.1) is 11.3 Å². The van der Waals surface area contributed by atoms with E-state index in [9.17, 15) is 18.0 Å². The molecule has 1 saturated carbocycles. The molecule has 3 atom stereocenters. The molecule has 0 bridgehead atoms. The molecule has 158 valence electrons. The minimum absolute atomic E-state index is 0.0388. The molecule has 5 rings (SSSR count). The van der Waals surface area contributed by atoms with Crippen molar-refractivity contribution in [2.75, 3.05) is 6.54 Å². The van der Waals surface area contributed by atoms with Crippen LogP contribution in [0.3, 0.4) is 0 Å². The van der Waals surface area contributed by atoms with Gasteiger partial charge in [0.1, 0.15) is 0 Å². The van der Waals surface area contributed by atoms with Gasteiger partial charge in [-0.1, -0.05) is 13.0 Å². The Hall–Kier alpha value is -2.42. The Labute approximate surface area is 175 Å². The van der Waals surface area contributed by atoms with Gasteiger partial charge in [-0.25, -0.2) is 9.50 Å². The number of amides is 1. The number of piperidine rings is 1. The van der Waals surface area contributed by atoms with Gasteiger partial charge >= 0.3 is 6.18 Å². The molecule has 1 amide bonds. The maximum atomic E-state index is 13.8. The molecule has 3 aromatic rings. The van der Waals surface area contributed by atoms with Crippen LogP contribution in [-0.4, -0.2) is 31.9 Å². The Morgan fingerprint density at radius 2 is 2.07 bits per heavy atom. The number of fused-ring (bicyclic) bond motifs is 1. The van der Waals surface area contributed by atoms with Crippen molar-refractivity contribution in [3.63, 3.8) is 0 Å². The van der Waals surface area contributed by atoms with Crippen LogP contribution in [0.5, 0.6) is 0 Å². The molecular formula is C21H21F3N4OS. The minimum atomic E-state index is -4.57. The molecule has 0 radical (unpaired) electrons. The van der Waals surface area contributed by atoms with Crippen molar-refractivity contribution in [3.05, 3.63) is 41.0 Å². The highest BCUT2D eigenvalue weighted by molar-refractivity contribution is 7.13. The topological polar surface area (TPSA) is 50.5 Å². The first-order valence-electron chi connectivity index (χ1n) is 10.1. The molecule has 3 aromatic heterocycles. The predicted molar refractivity (Wildman–Crippen MR) is 107 cm³/mol. The SMILES string of the molecule is C[C@@H]1C[C@@H]1C(=O)N1CCCC[C@H]1c1cc2nc(-c3cccs3)cc(C(F)(F)F)n2n1. The number of rotatable bonds is 3. The predicted octanol–water partition coefficient (Wildman–Crippen LogP) is 5.19. The normalized spacial score (nSPS) is 24.4. The van der Waals surface area contributed by atoms with E-state index in [2.05, 4.69) is 17.0 Å². The lowest BCUT2D eigenvalue weighted by atomic mass is 9.98. The molecule has 0 spiro atoms. The molecule has 2 fully saturated rings. The maximum absolute atomic E-state index is 13.8. The fraction of sp³-hybridized carbons (Fsp3) is 0.476. The number of hydrogen-bond donors (Lipinski definition) is 0. The van der Waals surface area contributed by atoms with Crippen LogP contribution in [0.2, 0.25) is 0 Å². The highest BCUT2D eigenvalue weighted by atomic mass is 32.1. The van der Waals surface area contributed by atoms with E-state index in [0.29, 0.717) is 29.5 Å². The molecule has 30 heavy (non-hydrogen) atoms. The first-order chi connectivity index (χ1) is 14.3. The van der Waals surface area contributed by atoms with Crippen LogP contribution in [0.4, 0.5) is 13.2 Å². The summed E-state index contributed by atoms with van der Waals surface area (Å²) in [5.74, 6) is 0.525. The summed E-state index contributed by atoms with van der Waals surface area (Å²) in [6.07, 6.45) is -1.15. The Kier molecular flexibility index (Phi) is 4.61. The fourth-order valence-electron chi connectivity index (χ4n) is 4.29. The lowest BCUT2D eigenvalue weighted by Gasteiger charge is -2.35. The number of halogens is 3. The second kappa shape index (κ2) is 7.08. The summed E-state index contributed by atoms with van der Waals surface area (Å²) in [7, 11) is 0. The number of aromatic nitrogens is 3. The largest absolute Gasteiger partial charge is 0.433 e. The van der Waals surface area contributed by atoms with Crippen molar-refractivity contribution in [3.8, 4) is 10.6 Å². The molecular weight excluding hydrogens is 413 g/mol. The summed E-state index contributed by atoms with van der Waals surface area (Å²) < 4.78 is 42.3. The zero-order valence-corrected chi connectivity index (χ0v) is 17.2. The average molecular weight is 434 g/mol. The molecule has 5 nitrogen and oxygen atoms in total. The zero-order chi connectivity index (χ0) is 21.0. The summed E-state index contributed by atoms with van der Waals surface area (Å²) in [5, 5.41) is 6.11. The van der Waals surface area contributed by atoms with Gasteiger partial charge in [0.2, 0.25) is 5.91 Å². The first-order valence-corrected chi connectivity index (χ1v) is 11.0. The van der Waals surface area contributed by atoms with Crippen molar-refractivity contribution >= 4 is 22.9 Å². The summed E-state index contributed by atoms with van der Waals surface area (Å²) in [6, 6.07) is 5.89. The number of thiophene rings is 1. The standard InChI is InChI=1S/C21H21F3N4OS/c1-12-9-13(12)20(29)27-7-3-2-5-16(27)14-11-19-25-15(17-6-4-8-30-17)10-18(21(22,23)24)28(19)26-14/h4,6,8,10-13,16H,2-3,5,7,9H2,1H3/t12-,13+,16+/m1/s1. The highest BCUT2D eigenvalue weighted by Gasteiger charge is 2.44. The Balaban J connectivity index is 1.59. The number of carbonyl (C=O) groups excluding carboxylic acids is 1. The van der Waals surface area contributed by atoms with Gasteiger partial charge in [0, 0.05) is 18.5 Å². The van der Waals surface area contributed by atoms with Crippen molar-refractivity contribution in [1.82, 2.24) is 19.5 Å². The van der Waals surface area contributed by atoms with Gasteiger partial charge in [0.15, 0.2) is 11.3 Å². The third-order valence-electron chi connectivity index (χ3n) is 6.06. The van der Waals surface area contributed by atoms with E-state index in [1.54, 1.807) is 23.6 Å². The molecule has 9 heteroatoms. The van der Waals surface area contributed by atoms with Gasteiger partial charge < -0.3 is 4.90 Å². The average Bonchev–Trinajstić information content (AvgIpc) is 3.13. The Morgan fingerprint density at radius 1 is 1.27 bits per heavy atom. The van der Waals surface area contributed by atoms with E-state index in [4.69, 9.17) is 0 Å². The smallest absolute Gasteiger partial charge is 0.334 e. The molecule has 0 N–H and O–H groups in total. The third kappa shape index (κ3) is 3.38. The van der Waals surface area contributed by atoms with E-state index in [1.165, 1.54) is 11.3 Å². The van der Waals surface area contributed by atoms with Gasteiger partial charge in [0.05, 0.1) is 22.3 Å². The van der Waals surface area contributed by atoms with Crippen LogP contribution in [0.25, 0.3) is 16.2 Å². The number of alkyl halides is 3. The van der Waals surface area contributed by atoms with E-state index in [0.717, 1.165) is 29.8 Å². The second-order valence-electron chi connectivity index (χ2n) is 8.20. The molecule has 1 aliphatic heterocycles. The van der Waals surface area contributed by atoms with Crippen molar-refractivity contribution in [2.45, 2.75) is 44.8 Å². The maximum Gasteiger partial charge on any atom is 0.433 e. The monoisotopic (exact) mass is 434 g/mol. The summed E-state index contributed by atoms with van der Waals surface area (Å²) in [4.78, 5) is 19.8. The van der Waals surface area contributed by atoms with Gasteiger partial charge in [-0.2, -0.15) is 18.3 Å². The van der Waals surface area contributed by atoms with Crippen LogP contribution in [-0.2, 0) is 11.0 Å². The minimum Gasteiger partial charge on any atom is -0.334 e. The molecule has 2 aliphatic rings. The summed E-state index contributed by atoms with van der Waals surface area (Å²) in [6.45, 7) is 2.68. The van der Waals surface area contributed by atoms with Crippen LogP contribution >= 0.6 is 11.3 Å². The fourth-order valence-corrected chi connectivity index (χ4v) is 4.98. The van der Waals surface area contributed by atoms with Gasteiger partial charge in [-0.3, -0.25) is 4.79 Å². The quantitative estimate of drug-likeness (QED) is 0.570. The number of nitrogens with zero attached hydrogens (tertiary/aromatic N) is 4. The molecule has 1 saturated heterocycles. The number of hydrogen-bond acceptors (Lipinski definition) is 4. The van der Waals surface area contributed by atoms with Crippen molar-refractivity contribution in [2.24, 2.45) is 11.8 Å². The van der Waals surface area contributed by atoms with Gasteiger partial charge in [0.25, 0.3) is 0 Å². The van der Waals surface area contributed by atoms with E-state index in [1.807, 2.05) is 4.90 Å². The zero-order valence-electron chi connectivity index (χ0n) is 16.4. The first kappa shape index (κ1) is 19.5. The van der Waals surface area contributed by atoms with Crippen molar-refractivity contribution < 1.29 is 18.0 Å². The van der Waals surface area contributed by atoms with E-state index < -0.39 is 11.9 Å². The van der Waals surface area contributed by atoms with Gasteiger partial charge in [-0.05, 0) is 49.1 Å². The van der Waals surface area contributed by atoms with E-state index in [-0.39, 0.29) is 29.2 Å². The third-order valence-corrected chi connectivity index (χ3v) is 6.96. The van der Waals surface area contributed by atoms with Crippen molar-refractivity contribution in [1.29, 1.82) is 0 Å². The second-order valence-corrected chi connectivity index (χ2v) is 9.15. The Morgan fingerprint density at radius 3 is 2.73 bits per heavy atom. The highest BCUT2D eigenvalue weighted by Crippen LogP contribution is 2.43. The molecule has 0 unspecified atom stereocenters.